The Labute approximate surface area is 116 Å². The van der Waals surface area contributed by atoms with E-state index in [4.69, 9.17) is 9.52 Å². The van der Waals surface area contributed by atoms with Crippen LogP contribution in [0.2, 0.25) is 0 Å². The summed E-state index contributed by atoms with van der Waals surface area (Å²) in [5.41, 5.74) is -0.0153. The van der Waals surface area contributed by atoms with Crippen LogP contribution in [-0.2, 0) is 14.8 Å². The second-order valence-electron chi connectivity index (χ2n) is 4.36. The summed E-state index contributed by atoms with van der Waals surface area (Å²) >= 11 is 0. The van der Waals surface area contributed by atoms with Gasteiger partial charge in [-0.15, -0.1) is 0 Å². The molecule has 1 rings (SSSR count). The van der Waals surface area contributed by atoms with Crippen LogP contribution in [0.15, 0.2) is 15.6 Å². The standard InChI is InChI=1S/C11H16N2O6S/c1-6(11(15)16)12-10(14)8-5-9(19-7(8)2)20(17,18)13(3)4/h5-6H,1-4H3,(H,12,14)(H,15,16)/t6-/m1/s1. The van der Waals surface area contributed by atoms with Gasteiger partial charge < -0.3 is 14.8 Å². The van der Waals surface area contributed by atoms with E-state index in [0.29, 0.717) is 0 Å². The number of sulfonamides is 1. The molecule has 1 atom stereocenters. The second kappa shape index (κ2) is 5.63. The van der Waals surface area contributed by atoms with E-state index in [1.54, 1.807) is 0 Å². The number of carbonyl (C=O) groups is 2. The molecule has 0 aliphatic heterocycles. The number of nitrogens with zero attached hydrogens (tertiary/aromatic N) is 1. The number of aliphatic carboxylic acids is 1. The largest absolute Gasteiger partial charge is 0.480 e. The maximum Gasteiger partial charge on any atom is 0.325 e. The number of hydrogen-bond donors (Lipinski definition) is 2. The molecule has 112 valence electrons. The highest BCUT2D eigenvalue weighted by molar-refractivity contribution is 7.88. The zero-order chi connectivity index (χ0) is 15.7. The first-order valence-corrected chi connectivity index (χ1v) is 7.08. The van der Waals surface area contributed by atoms with Crippen molar-refractivity contribution >= 4 is 21.9 Å². The van der Waals surface area contributed by atoms with Crippen LogP contribution in [0, 0.1) is 6.92 Å². The van der Waals surface area contributed by atoms with Gasteiger partial charge in [-0.1, -0.05) is 0 Å². The summed E-state index contributed by atoms with van der Waals surface area (Å²) < 4.78 is 29.7. The minimum absolute atomic E-state index is 0.0153. The maximum atomic E-state index is 11.9. The lowest BCUT2D eigenvalue weighted by Crippen LogP contribution is -2.38. The quantitative estimate of drug-likeness (QED) is 0.793. The molecule has 0 unspecified atom stereocenters. The van der Waals surface area contributed by atoms with Crippen LogP contribution < -0.4 is 5.32 Å². The summed E-state index contributed by atoms with van der Waals surface area (Å²) in [6.45, 7) is 2.72. The first kappa shape index (κ1) is 16.2. The second-order valence-corrected chi connectivity index (χ2v) is 6.44. The normalized spacial score (nSPS) is 13.2. The molecule has 0 saturated carbocycles. The zero-order valence-corrected chi connectivity index (χ0v) is 12.3. The van der Waals surface area contributed by atoms with Crippen LogP contribution in [0.1, 0.15) is 23.0 Å². The number of carboxylic acids is 1. The molecule has 0 aliphatic carbocycles. The number of furan rings is 1. The van der Waals surface area contributed by atoms with Gasteiger partial charge in [-0.25, -0.2) is 12.7 Å². The predicted octanol–water partition coefficient (Wildman–Crippen LogP) is 0.0412. The van der Waals surface area contributed by atoms with Crippen molar-refractivity contribution in [3.05, 3.63) is 17.4 Å². The van der Waals surface area contributed by atoms with Gasteiger partial charge in [-0.05, 0) is 13.8 Å². The fourth-order valence-corrected chi connectivity index (χ4v) is 2.18. The van der Waals surface area contributed by atoms with Gasteiger partial charge in [-0.3, -0.25) is 9.59 Å². The van der Waals surface area contributed by atoms with Gasteiger partial charge in [-0.2, -0.15) is 0 Å². The lowest BCUT2D eigenvalue weighted by Gasteiger charge is -2.08. The SMILES string of the molecule is Cc1oc(S(=O)(=O)N(C)C)cc1C(=O)N[C@H](C)C(=O)O. The summed E-state index contributed by atoms with van der Waals surface area (Å²) in [5.74, 6) is -1.80. The molecule has 2 N–H and O–H groups in total. The Balaban J connectivity index is 3.08. The topological polar surface area (TPSA) is 117 Å². The smallest absolute Gasteiger partial charge is 0.325 e. The molecule has 0 aliphatic rings. The molecule has 0 aromatic carbocycles. The van der Waals surface area contributed by atoms with Crippen molar-refractivity contribution in [1.29, 1.82) is 0 Å². The van der Waals surface area contributed by atoms with Crippen LogP contribution in [0.5, 0.6) is 0 Å². The molecule has 0 bridgehead atoms. The summed E-state index contributed by atoms with van der Waals surface area (Å²) in [5, 5.41) is 10.6. The van der Waals surface area contributed by atoms with E-state index in [2.05, 4.69) is 5.32 Å². The first-order chi connectivity index (χ1) is 9.07. The highest BCUT2D eigenvalue weighted by Gasteiger charge is 2.26. The highest BCUT2D eigenvalue weighted by atomic mass is 32.2. The predicted molar refractivity (Wildman–Crippen MR) is 68.9 cm³/mol. The average molecular weight is 304 g/mol. The molecule has 1 aromatic rings. The monoisotopic (exact) mass is 304 g/mol. The van der Waals surface area contributed by atoms with E-state index in [9.17, 15) is 18.0 Å². The van der Waals surface area contributed by atoms with Gasteiger partial charge >= 0.3 is 5.97 Å². The van der Waals surface area contributed by atoms with Gasteiger partial charge in [0.05, 0.1) is 5.56 Å². The average Bonchev–Trinajstić information content (AvgIpc) is 2.71. The molecular formula is C11H16N2O6S. The summed E-state index contributed by atoms with van der Waals surface area (Å²) in [6.07, 6.45) is 0. The number of aryl methyl sites for hydroxylation is 1. The highest BCUT2D eigenvalue weighted by Crippen LogP contribution is 2.21. The summed E-state index contributed by atoms with van der Waals surface area (Å²) in [4.78, 5) is 22.5. The van der Waals surface area contributed by atoms with Crippen LogP contribution in [0.3, 0.4) is 0 Å². The molecule has 0 radical (unpaired) electrons. The van der Waals surface area contributed by atoms with Crippen LogP contribution in [0.4, 0.5) is 0 Å². The van der Waals surface area contributed by atoms with Gasteiger partial charge in [0.25, 0.3) is 15.9 Å². The molecule has 1 heterocycles. The Hall–Kier alpha value is -1.87. The molecule has 8 nitrogen and oxygen atoms in total. The van der Waals surface area contributed by atoms with Crippen molar-refractivity contribution in [3.63, 3.8) is 0 Å². The molecule has 1 aromatic heterocycles. The van der Waals surface area contributed by atoms with E-state index in [1.807, 2.05) is 0 Å². The molecule has 0 fully saturated rings. The molecule has 0 spiro atoms. The van der Waals surface area contributed by atoms with Crippen LogP contribution in [0.25, 0.3) is 0 Å². The van der Waals surface area contributed by atoms with Crippen molar-refractivity contribution in [2.75, 3.05) is 14.1 Å². The Kier molecular flexibility index (Phi) is 4.56. The Morgan fingerprint density at radius 1 is 1.40 bits per heavy atom. The molecule has 1 amide bonds. The maximum absolute atomic E-state index is 11.9. The van der Waals surface area contributed by atoms with Crippen molar-refractivity contribution in [1.82, 2.24) is 9.62 Å². The third kappa shape index (κ3) is 3.17. The van der Waals surface area contributed by atoms with E-state index in [1.165, 1.54) is 27.9 Å². The third-order valence-corrected chi connectivity index (χ3v) is 4.26. The van der Waals surface area contributed by atoms with Crippen molar-refractivity contribution < 1.29 is 27.5 Å². The van der Waals surface area contributed by atoms with E-state index < -0.39 is 27.9 Å². The van der Waals surface area contributed by atoms with Gasteiger partial charge in [0, 0.05) is 20.2 Å². The number of hydrogen-bond acceptors (Lipinski definition) is 5. The molecule has 20 heavy (non-hydrogen) atoms. The number of carbonyl (C=O) groups excluding carboxylic acids is 1. The number of rotatable bonds is 5. The van der Waals surface area contributed by atoms with Crippen molar-refractivity contribution in [2.45, 2.75) is 25.0 Å². The van der Waals surface area contributed by atoms with Gasteiger partial charge in [0.1, 0.15) is 11.8 Å². The fourth-order valence-electron chi connectivity index (χ4n) is 1.32. The molecule has 9 heteroatoms. The third-order valence-electron chi connectivity index (χ3n) is 2.59. The van der Waals surface area contributed by atoms with E-state index >= 15 is 0 Å². The van der Waals surface area contributed by atoms with Gasteiger partial charge in [0.2, 0.25) is 5.09 Å². The van der Waals surface area contributed by atoms with E-state index in [-0.39, 0.29) is 16.4 Å². The number of nitrogens with one attached hydrogen (secondary N) is 1. The number of carboxylic acid groups (broad SMARTS) is 1. The zero-order valence-electron chi connectivity index (χ0n) is 11.5. The lowest BCUT2D eigenvalue weighted by molar-refractivity contribution is -0.138. The first-order valence-electron chi connectivity index (χ1n) is 5.64. The number of amides is 1. The summed E-state index contributed by atoms with van der Waals surface area (Å²) in [7, 11) is -1.12. The summed E-state index contributed by atoms with van der Waals surface area (Å²) in [6, 6.07) is -0.0140. The van der Waals surface area contributed by atoms with Crippen LogP contribution in [-0.4, -0.2) is 49.8 Å². The molecule has 0 saturated heterocycles. The minimum Gasteiger partial charge on any atom is -0.480 e. The van der Waals surface area contributed by atoms with Gasteiger partial charge in [0.15, 0.2) is 0 Å². The Morgan fingerprint density at radius 3 is 2.40 bits per heavy atom. The van der Waals surface area contributed by atoms with Crippen LogP contribution >= 0.6 is 0 Å². The molecular weight excluding hydrogens is 288 g/mol. The fraction of sp³-hybridized carbons (Fsp3) is 0.455. The lowest BCUT2D eigenvalue weighted by atomic mass is 10.2. The van der Waals surface area contributed by atoms with Crippen molar-refractivity contribution in [3.8, 4) is 0 Å². The minimum atomic E-state index is -3.79. The Morgan fingerprint density at radius 2 is 1.95 bits per heavy atom. The Bertz CT molecular complexity index is 631. The van der Waals surface area contributed by atoms with Crippen molar-refractivity contribution in [2.24, 2.45) is 0 Å². The van der Waals surface area contributed by atoms with E-state index in [0.717, 1.165) is 10.4 Å².